The average molecular weight is 319 g/mol. The zero-order chi connectivity index (χ0) is 17.2. The highest BCUT2D eigenvalue weighted by Crippen LogP contribution is 2.37. The second kappa shape index (κ2) is 6.15. The highest BCUT2D eigenvalue weighted by Gasteiger charge is 2.64. The molecular formula is C12H18F5NO3. The van der Waals surface area contributed by atoms with Crippen molar-refractivity contribution in [2.75, 3.05) is 0 Å². The number of amides is 1. The van der Waals surface area contributed by atoms with E-state index >= 15 is 0 Å². The van der Waals surface area contributed by atoms with E-state index in [2.05, 4.69) is 0 Å². The van der Waals surface area contributed by atoms with Gasteiger partial charge in [0, 0.05) is 0 Å². The van der Waals surface area contributed by atoms with Gasteiger partial charge < -0.3 is 10.1 Å². The second-order valence-electron chi connectivity index (χ2n) is 5.80. The van der Waals surface area contributed by atoms with Crippen molar-refractivity contribution in [3.63, 3.8) is 0 Å². The van der Waals surface area contributed by atoms with Gasteiger partial charge >= 0.3 is 18.2 Å². The van der Waals surface area contributed by atoms with E-state index in [0.29, 0.717) is 0 Å². The number of nitrogens with one attached hydrogen (secondary N) is 1. The van der Waals surface area contributed by atoms with Crippen LogP contribution in [0.3, 0.4) is 0 Å². The van der Waals surface area contributed by atoms with Gasteiger partial charge in [0.05, 0.1) is 6.04 Å². The summed E-state index contributed by atoms with van der Waals surface area (Å²) in [5.41, 5.74) is -0.985. The number of rotatable bonds is 4. The number of Topliss-reactive ketones (excluding diaryl/α,β-unsaturated/α-hetero) is 1. The number of carbonyl (C=O) groups is 2. The quantitative estimate of drug-likeness (QED) is 0.809. The Hall–Kier alpha value is -1.41. The van der Waals surface area contributed by atoms with Crippen molar-refractivity contribution in [1.29, 1.82) is 0 Å². The summed E-state index contributed by atoms with van der Waals surface area (Å²) in [6.07, 6.45) is -7.26. The van der Waals surface area contributed by atoms with Crippen LogP contribution in [0.5, 0.6) is 0 Å². The number of alkyl halides is 5. The van der Waals surface area contributed by atoms with Crippen LogP contribution < -0.4 is 5.32 Å². The third kappa shape index (κ3) is 5.47. The Labute approximate surface area is 119 Å². The van der Waals surface area contributed by atoms with E-state index in [9.17, 15) is 31.5 Å². The Bertz CT molecular complexity index is 399. The summed E-state index contributed by atoms with van der Waals surface area (Å²) in [4.78, 5) is 22.9. The van der Waals surface area contributed by atoms with Crippen LogP contribution in [0.15, 0.2) is 0 Å². The fourth-order valence-electron chi connectivity index (χ4n) is 1.30. The second-order valence-corrected chi connectivity index (χ2v) is 5.80. The minimum Gasteiger partial charge on any atom is -0.444 e. The molecule has 0 spiro atoms. The van der Waals surface area contributed by atoms with Crippen molar-refractivity contribution >= 4 is 11.9 Å². The first-order valence-electron chi connectivity index (χ1n) is 6.08. The summed E-state index contributed by atoms with van der Waals surface area (Å²) in [5, 5.41) is 1.76. The molecule has 0 saturated heterocycles. The predicted octanol–water partition coefficient (Wildman–Crippen LogP) is 3.30. The highest BCUT2D eigenvalue weighted by molar-refractivity contribution is 5.93. The zero-order valence-corrected chi connectivity index (χ0v) is 12.3. The van der Waals surface area contributed by atoms with Crippen molar-refractivity contribution in [3.8, 4) is 0 Å². The molecule has 0 aromatic heterocycles. The molecule has 0 bridgehead atoms. The van der Waals surface area contributed by atoms with Gasteiger partial charge in [-0.15, -0.1) is 0 Å². The first kappa shape index (κ1) is 19.6. The number of ether oxygens (including phenoxy) is 1. The van der Waals surface area contributed by atoms with Gasteiger partial charge in [-0.2, -0.15) is 22.0 Å². The summed E-state index contributed by atoms with van der Waals surface area (Å²) >= 11 is 0. The fourth-order valence-corrected chi connectivity index (χ4v) is 1.30. The van der Waals surface area contributed by atoms with Gasteiger partial charge in [-0.05, 0) is 26.7 Å². The number of ketones is 1. The molecule has 0 aliphatic heterocycles. The molecule has 0 aromatic carbocycles. The number of carbonyl (C=O) groups excluding carboxylic acids is 2. The van der Waals surface area contributed by atoms with Crippen LogP contribution in [0.1, 0.15) is 34.6 Å². The fraction of sp³-hybridized carbons (Fsp3) is 0.833. The van der Waals surface area contributed by atoms with Gasteiger partial charge in [-0.3, -0.25) is 4.79 Å². The molecule has 21 heavy (non-hydrogen) atoms. The molecule has 0 aromatic rings. The molecule has 0 saturated carbocycles. The van der Waals surface area contributed by atoms with E-state index < -0.39 is 41.5 Å². The summed E-state index contributed by atoms with van der Waals surface area (Å²) in [5.74, 6) is -8.94. The molecule has 1 N–H and O–H groups in total. The Morgan fingerprint density at radius 1 is 1.00 bits per heavy atom. The lowest BCUT2D eigenvalue weighted by Crippen LogP contribution is -2.56. The van der Waals surface area contributed by atoms with E-state index in [1.54, 1.807) is 5.32 Å². The molecule has 0 aliphatic carbocycles. The predicted molar refractivity (Wildman–Crippen MR) is 64.0 cm³/mol. The number of alkyl carbamates (subject to hydrolysis) is 1. The van der Waals surface area contributed by atoms with Gasteiger partial charge in [0.15, 0.2) is 0 Å². The van der Waals surface area contributed by atoms with E-state index in [4.69, 9.17) is 4.74 Å². The minimum atomic E-state index is -6.02. The topological polar surface area (TPSA) is 55.4 Å². The standard InChI is InChI=1S/C12H18F5NO3/c1-6(2)7(18-9(20)21-10(3,4)5)8(19)11(13,14)12(15,16)17/h6-7H,1-5H3,(H,18,20)/t7-/m1/s1. The smallest absolute Gasteiger partial charge is 0.444 e. The molecule has 0 fully saturated rings. The molecule has 124 valence electrons. The van der Waals surface area contributed by atoms with Crippen LogP contribution in [-0.2, 0) is 9.53 Å². The van der Waals surface area contributed by atoms with Crippen molar-refractivity contribution in [1.82, 2.24) is 5.32 Å². The van der Waals surface area contributed by atoms with Crippen LogP contribution >= 0.6 is 0 Å². The molecule has 0 heterocycles. The molecular weight excluding hydrogens is 301 g/mol. The van der Waals surface area contributed by atoms with Crippen molar-refractivity contribution in [2.24, 2.45) is 5.92 Å². The lowest BCUT2D eigenvalue weighted by atomic mass is 9.95. The van der Waals surface area contributed by atoms with E-state index in [-0.39, 0.29) is 0 Å². The maximum Gasteiger partial charge on any atom is 0.461 e. The highest BCUT2D eigenvalue weighted by atomic mass is 19.4. The Kier molecular flexibility index (Phi) is 5.73. The average Bonchev–Trinajstić information content (AvgIpc) is 2.20. The molecule has 0 aliphatic rings. The lowest BCUT2D eigenvalue weighted by molar-refractivity contribution is -0.269. The van der Waals surface area contributed by atoms with Crippen molar-refractivity contribution in [3.05, 3.63) is 0 Å². The van der Waals surface area contributed by atoms with Crippen LogP contribution in [0.4, 0.5) is 26.7 Å². The Morgan fingerprint density at radius 2 is 1.43 bits per heavy atom. The lowest BCUT2D eigenvalue weighted by Gasteiger charge is -2.28. The van der Waals surface area contributed by atoms with Gasteiger partial charge in [0.1, 0.15) is 5.60 Å². The monoisotopic (exact) mass is 319 g/mol. The van der Waals surface area contributed by atoms with Crippen LogP contribution in [-0.4, -0.2) is 35.6 Å². The summed E-state index contributed by atoms with van der Waals surface area (Å²) in [7, 11) is 0. The van der Waals surface area contributed by atoms with Crippen molar-refractivity contribution < 1.29 is 36.3 Å². The van der Waals surface area contributed by atoms with Gasteiger partial charge in [0.2, 0.25) is 5.78 Å². The first-order valence-corrected chi connectivity index (χ1v) is 6.08. The maximum absolute atomic E-state index is 13.1. The molecule has 1 amide bonds. The third-order valence-electron chi connectivity index (χ3n) is 2.29. The van der Waals surface area contributed by atoms with Crippen molar-refractivity contribution in [2.45, 2.75) is 58.4 Å². The SMILES string of the molecule is CC(C)[C@@H](NC(=O)OC(C)(C)C)C(=O)C(F)(F)C(F)(F)F. The van der Waals surface area contributed by atoms with Gasteiger partial charge in [0.25, 0.3) is 0 Å². The summed E-state index contributed by atoms with van der Waals surface area (Å²) < 4.78 is 67.5. The minimum absolute atomic E-state index is 0.974. The Balaban J connectivity index is 5.18. The molecule has 1 atom stereocenters. The summed E-state index contributed by atoms with van der Waals surface area (Å²) in [6, 6.07) is -2.02. The van der Waals surface area contributed by atoms with Crippen LogP contribution in [0.2, 0.25) is 0 Å². The number of halogens is 5. The van der Waals surface area contributed by atoms with Crippen LogP contribution in [0.25, 0.3) is 0 Å². The first-order chi connectivity index (χ1) is 9.09. The normalized spacial score (nSPS) is 14.8. The largest absolute Gasteiger partial charge is 0.461 e. The number of hydrogen-bond acceptors (Lipinski definition) is 3. The van der Waals surface area contributed by atoms with E-state index in [0.717, 1.165) is 0 Å². The molecule has 9 heteroatoms. The maximum atomic E-state index is 13.1. The molecule has 0 rings (SSSR count). The number of hydrogen-bond donors (Lipinski definition) is 1. The van der Waals surface area contributed by atoms with E-state index in [1.165, 1.54) is 34.6 Å². The molecule has 0 radical (unpaired) electrons. The zero-order valence-electron chi connectivity index (χ0n) is 12.3. The van der Waals surface area contributed by atoms with E-state index in [1.807, 2.05) is 0 Å². The molecule has 0 unspecified atom stereocenters. The summed E-state index contributed by atoms with van der Waals surface area (Å²) in [6.45, 7) is 6.88. The van der Waals surface area contributed by atoms with Gasteiger partial charge in [-0.1, -0.05) is 13.8 Å². The third-order valence-corrected chi connectivity index (χ3v) is 2.29. The van der Waals surface area contributed by atoms with Crippen LogP contribution in [0, 0.1) is 5.92 Å². The Morgan fingerprint density at radius 3 is 1.71 bits per heavy atom. The molecule has 4 nitrogen and oxygen atoms in total. The van der Waals surface area contributed by atoms with Gasteiger partial charge in [-0.25, -0.2) is 4.79 Å².